The molecule has 0 aliphatic rings. The first kappa shape index (κ1) is 20.1. The van der Waals surface area contributed by atoms with Crippen LogP contribution in [0.1, 0.15) is 0 Å². The number of esters is 1. The first-order valence-corrected chi connectivity index (χ1v) is 9.61. The van der Waals surface area contributed by atoms with E-state index in [0.29, 0.717) is 5.02 Å². The van der Waals surface area contributed by atoms with Gasteiger partial charge in [-0.3, -0.25) is 9.10 Å². The molecule has 0 N–H and O–H groups in total. The summed E-state index contributed by atoms with van der Waals surface area (Å²) >= 11 is 23.7. The van der Waals surface area contributed by atoms with Gasteiger partial charge in [0, 0.05) is 5.02 Å². The minimum atomic E-state index is -4.17. The van der Waals surface area contributed by atoms with Crippen LogP contribution in [0.5, 0.6) is 0 Å². The maximum Gasteiger partial charge on any atom is 0.326 e. The van der Waals surface area contributed by atoms with E-state index in [2.05, 4.69) is 4.74 Å². The summed E-state index contributed by atoms with van der Waals surface area (Å²) in [6.45, 7) is -0.583. The zero-order valence-corrected chi connectivity index (χ0v) is 16.5. The van der Waals surface area contributed by atoms with Crippen molar-refractivity contribution in [3.8, 4) is 0 Å². The van der Waals surface area contributed by atoms with Gasteiger partial charge in [-0.2, -0.15) is 0 Å². The van der Waals surface area contributed by atoms with Crippen molar-refractivity contribution in [2.24, 2.45) is 0 Å². The molecule has 25 heavy (non-hydrogen) atoms. The number of sulfonamides is 1. The summed E-state index contributed by atoms with van der Waals surface area (Å²) in [6.07, 6.45) is 0. The van der Waals surface area contributed by atoms with Crippen molar-refractivity contribution < 1.29 is 17.9 Å². The second kappa shape index (κ2) is 8.01. The number of anilines is 1. The van der Waals surface area contributed by atoms with Crippen molar-refractivity contribution in [3.05, 3.63) is 56.5 Å². The Morgan fingerprint density at radius 2 is 1.68 bits per heavy atom. The molecule has 0 fully saturated rings. The van der Waals surface area contributed by atoms with Gasteiger partial charge in [0.25, 0.3) is 10.0 Å². The highest BCUT2D eigenvalue weighted by atomic mass is 35.5. The van der Waals surface area contributed by atoms with E-state index in [1.165, 1.54) is 36.4 Å². The molecule has 10 heteroatoms. The fourth-order valence-corrected chi connectivity index (χ4v) is 4.31. The first-order valence-electron chi connectivity index (χ1n) is 6.66. The highest BCUT2D eigenvalue weighted by Crippen LogP contribution is 2.34. The van der Waals surface area contributed by atoms with E-state index in [9.17, 15) is 13.2 Å². The van der Waals surface area contributed by atoms with Crippen LogP contribution in [0.2, 0.25) is 20.1 Å². The molecule has 0 aliphatic carbocycles. The average Bonchev–Trinajstić information content (AvgIpc) is 2.55. The second-order valence-corrected chi connectivity index (χ2v) is 8.28. The molecule has 2 aromatic carbocycles. The highest BCUT2D eigenvalue weighted by Gasteiger charge is 2.29. The minimum absolute atomic E-state index is 0.0556. The number of rotatable bonds is 5. The van der Waals surface area contributed by atoms with Gasteiger partial charge in [-0.25, -0.2) is 8.42 Å². The molecule has 134 valence electrons. The van der Waals surface area contributed by atoms with E-state index in [0.717, 1.165) is 11.4 Å². The summed E-state index contributed by atoms with van der Waals surface area (Å²) < 4.78 is 31.4. The summed E-state index contributed by atoms with van der Waals surface area (Å²) in [5.41, 5.74) is 0.0718. The fourth-order valence-electron chi connectivity index (χ4n) is 1.93. The van der Waals surface area contributed by atoms with Crippen LogP contribution in [0, 0.1) is 0 Å². The predicted octanol–water partition coefficient (Wildman–Crippen LogP) is 4.67. The number of hydrogen-bond donors (Lipinski definition) is 0. The Morgan fingerprint density at radius 1 is 1.00 bits per heavy atom. The molecule has 0 unspecified atom stereocenters. The molecule has 2 rings (SSSR count). The van der Waals surface area contributed by atoms with Crippen LogP contribution in [0.15, 0.2) is 41.3 Å². The molecule has 0 atom stereocenters. The van der Waals surface area contributed by atoms with Gasteiger partial charge < -0.3 is 4.74 Å². The number of hydrogen-bond acceptors (Lipinski definition) is 4. The number of ether oxygens (including phenoxy) is 1. The van der Waals surface area contributed by atoms with Crippen molar-refractivity contribution >= 4 is 68.1 Å². The van der Waals surface area contributed by atoms with Gasteiger partial charge in [-0.05, 0) is 36.4 Å². The molecular weight excluding hydrogens is 432 g/mol. The maximum absolute atomic E-state index is 13.0. The van der Waals surface area contributed by atoms with Gasteiger partial charge in [0.1, 0.15) is 6.54 Å². The van der Waals surface area contributed by atoms with Gasteiger partial charge in [-0.1, -0.05) is 46.4 Å². The second-order valence-electron chi connectivity index (χ2n) is 4.76. The SMILES string of the molecule is COC(=O)CN(c1ccc(Cl)cc1Cl)S(=O)(=O)c1ccc(Cl)c(Cl)c1. The zero-order chi connectivity index (χ0) is 18.8. The molecule has 0 heterocycles. The lowest BCUT2D eigenvalue weighted by molar-refractivity contribution is -0.138. The largest absolute Gasteiger partial charge is 0.468 e. The highest BCUT2D eigenvalue weighted by molar-refractivity contribution is 7.92. The molecule has 0 saturated heterocycles. The molecular formula is C15H11Cl4NO4S. The lowest BCUT2D eigenvalue weighted by atomic mass is 10.3. The van der Waals surface area contributed by atoms with Crippen molar-refractivity contribution in [2.45, 2.75) is 4.90 Å². The summed E-state index contributed by atoms with van der Waals surface area (Å²) in [7, 11) is -3.02. The third-order valence-electron chi connectivity index (χ3n) is 3.16. The van der Waals surface area contributed by atoms with E-state index in [1.807, 2.05) is 0 Å². The third-order valence-corrected chi connectivity index (χ3v) is 6.19. The summed E-state index contributed by atoms with van der Waals surface area (Å²) in [5, 5.41) is 0.631. The normalized spacial score (nSPS) is 11.2. The summed E-state index contributed by atoms with van der Waals surface area (Å²) in [4.78, 5) is 11.6. The monoisotopic (exact) mass is 441 g/mol. The van der Waals surface area contributed by atoms with Crippen molar-refractivity contribution in [1.82, 2.24) is 0 Å². The summed E-state index contributed by atoms with van der Waals surface area (Å²) in [6, 6.07) is 8.02. The lowest BCUT2D eigenvalue weighted by Crippen LogP contribution is -2.36. The molecule has 0 bridgehead atoms. The van der Waals surface area contributed by atoms with E-state index >= 15 is 0 Å². The van der Waals surface area contributed by atoms with E-state index in [-0.39, 0.29) is 25.7 Å². The maximum atomic E-state index is 13.0. The van der Waals surface area contributed by atoms with Crippen LogP contribution in [0.25, 0.3) is 0 Å². The Balaban J connectivity index is 2.61. The van der Waals surface area contributed by atoms with Gasteiger partial charge in [0.2, 0.25) is 0 Å². The number of benzene rings is 2. The third kappa shape index (κ3) is 4.51. The molecule has 0 radical (unpaired) electrons. The summed E-state index contributed by atoms with van der Waals surface area (Å²) in [5.74, 6) is -0.769. The molecule has 0 spiro atoms. The fraction of sp³-hybridized carbons (Fsp3) is 0.133. The molecule has 0 aromatic heterocycles. The van der Waals surface area contributed by atoms with Crippen LogP contribution in [0.3, 0.4) is 0 Å². The van der Waals surface area contributed by atoms with Crippen LogP contribution < -0.4 is 4.31 Å². The van der Waals surface area contributed by atoms with Crippen LogP contribution >= 0.6 is 46.4 Å². The van der Waals surface area contributed by atoms with Crippen molar-refractivity contribution in [3.63, 3.8) is 0 Å². The molecule has 5 nitrogen and oxygen atoms in total. The Bertz CT molecular complexity index is 918. The van der Waals surface area contributed by atoms with Crippen LogP contribution in [-0.4, -0.2) is 28.0 Å². The number of carbonyl (C=O) groups excluding carboxylic acids is 1. The van der Waals surface area contributed by atoms with Crippen LogP contribution in [0.4, 0.5) is 5.69 Å². The lowest BCUT2D eigenvalue weighted by Gasteiger charge is -2.24. The molecule has 2 aromatic rings. The standard InChI is InChI=1S/C15H11Cl4NO4S/c1-24-15(21)8-20(14-5-2-9(16)6-13(14)19)25(22,23)10-3-4-11(17)12(18)7-10/h2-7H,8H2,1H3. The Hall–Kier alpha value is -1.18. The quantitative estimate of drug-likeness (QED) is 0.631. The predicted molar refractivity (Wildman–Crippen MR) is 99.5 cm³/mol. The van der Waals surface area contributed by atoms with Gasteiger partial charge >= 0.3 is 5.97 Å². The smallest absolute Gasteiger partial charge is 0.326 e. The van der Waals surface area contributed by atoms with Gasteiger partial charge in [0.15, 0.2) is 0 Å². The Kier molecular flexibility index (Phi) is 6.45. The molecule has 0 saturated carbocycles. The number of halogens is 4. The van der Waals surface area contributed by atoms with E-state index in [4.69, 9.17) is 46.4 Å². The van der Waals surface area contributed by atoms with Crippen molar-refractivity contribution in [1.29, 1.82) is 0 Å². The minimum Gasteiger partial charge on any atom is -0.468 e. The number of carbonyl (C=O) groups is 1. The molecule has 0 amide bonds. The average molecular weight is 443 g/mol. The number of nitrogens with zero attached hydrogens (tertiary/aromatic N) is 1. The van der Waals surface area contributed by atoms with Crippen LogP contribution in [-0.2, 0) is 19.6 Å². The van der Waals surface area contributed by atoms with Gasteiger partial charge in [0.05, 0.1) is 32.8 Å². The topological polar surface area (TPSA) is 63.7 Å². The van der Waals surface area contributed by atoms with E-state index < -0.39 is 22.5 Å². The Labute approximate surface area is 165 Å². The van der Waals surface area contributed by atoms with Gasteiger partial charge in [-0.15, -0.1) is 0 Å². The first-order chi connectivity index (χ1) is 11.7. The van der Waals surface area contributed by atoms with E-state index in [1.54, 1.807) is 0 Å². The number of methoxy groups -OCH3 is 1. The zero-order valence-electron chi connectivity index (χ0n) is 12.7. The molecule has 0 aliphatic heterocycles. The Morgan fingerprint density at radius 3 is 2.24 bits per heavy atom. The van der Waals surface area contributed by atoms with Crippen molar-refractivity contribution in [2.75, 3.05) is 18.0 Å².